The van der Waals surface area contributed by atoms with Gasteiger partial charge in [0.05, 0.1) is 19.3 Å². The summed E-state index contributed by atoms with van der Waals surface area (Å²) in [4.78, 5) is 11.8. The first kappa shape index (κ1) is 15.0. The zero-order chi connectivity index (χ0) is 14.8. The minimum atomic E-state index is -0.539. The topological polar surface area (TPSA) is 73.4 Å². The molecule has 1 N–H and O–H groups in total. The third-order valence-corrected chi connectivity index (χ3v) is 3.17. The zero-order valence-electron chi connectivity index (χ0n) is 12.4. The van der Waals surface area contributed by atoms with Crippen LogP contribution in [0.4, 0.5) is 0 Å². The average Bonchev–Trinajstić information content (AvgIpc) is 2.96. The van der Waals surface area contributed by atoms with Gasteiger partial charge in [0.2, 0.25) is 0 Å². The lowest BCUT2D eigenvalue weighted by Crippen LogP contribution is -2.22. The van der Waals surface area contributed by atoms with Crippen LogP contribution in [0.25, 0.3) is 0 Å². The summed E-state index contributed by atoms with van der Waals surface area (Å²) >= 11 is 0. The number of carbonyl (C=O) groups is 1. The van der Waals surface area contributed by atoms with E-state index >= 15 is 0 Å². The monoisotopic (exact) mass is 282 g/mol. The molecule has 0 spiro atoms. The summed E-state index contributed by atoms with van der Waals surface area (Å²) in [5, 5.41) is 6.79. The van der Waals surface area contributed by atoms with E-state index in [9.17, 15) is 4.79 Å². The maximum absolute atomic E-state index is 11.8. The largest absolute Gasteiger partial charge is 0.461 e. The number of aromatic amines is 1. The molecule has 0 saturated carbocycles. The molecule has 6 heteroatoms. The molecule has 1 aliphatic heterocycles. The molecule has 1 saturated heterocycles. The van der Waals surface area contributed by atoms with Gasteiger partial charge in [0.25, 0.3) is 0 Å². The molecule has 1 unspecified atom stereocenters. The molecule has 1 fully saturated rings. The first-order valence-electron chi connectivity index (χ1n) is 6.91. The van der Waals surface area contributed by atoms with Crippen LogP contribution in [0.3, 0.4) is 0 Å². The molecule has 1 aromatic rings. The number of H-pyrrole nitrogens is 1. The van der Waals surface area contributed by atoms with Crippen LogP contribution in [-0.2, 0) is 14.2 Å². The summed E-state index contributed by atoms with van der Waals surface area (Å²) in [6, 6.07) is 1.73. The van der Waals surface area contributed by atoms with Gasteiger partial charge in [-0.25, -0.2) is 4.79 Å². The van der Waals surface area contributed by atoms with E-state index in [-0.39, 0.29) is 6.10 Å². The summed E-state index contributed by atoms with van der Waals surface area (Å²) < 4.78 is 16.3. The van der Waals surface area contributed by atoms with Crippen LogP contribution in [0.5, 0.6) is 0 Å². The Morgan fingerprint density at radius 1 is 1.60 bits per heavy atom. The van der Waals surface area contributed by atoms with Crippen molar-refractivity contribution in [2.45, 2.75) is 51.9 Å². The number of carbonyl (C=O) groups excluding carboxylic acids is 1. The minimum Gasteiger partial charge on any atom is -0.461 e. The van der Waals surface area contributed by atoms with E-state index < -0.39 is 11.8 Å². The van der Waals surface area contributed by atoms with Crippen molar-refractivity contribution in [3.05, 3.63) is 17.5 Å². The molecule has 1 aliphatic rings. The summed E-state index contributed by atoms with van der Waals surface area (Å²) in [6.07, 6.45) is 0.597. The van der Waals surface area contributed by atoms with Gasteiger partial charge in [-0.3, -0.25) is 5.10 Å². The normalized spacial score (nSPS) is 21.4. The van der Waals surface area contributed by atoms with Gasteiger partial charge in [-0.05, 0) is 25.8 Å². The van der Waals surface area contributed by atoms with Crippen molar-refractivity contribution >= 4 is 5.97 Å². The highest BCUT2D eigenvalue weighted by Crippen LogP contribution is 2.24. The second kappa shape index (κ2) is 5.93. The Morgan fingerprint density at radius 2 is 2.35 bits per heavy atom. The standard InChI is InChI=1S/C14H22N2O4/c1-9(2)11-7-12(16-15-11)13(17)18-6-5-10-8-19-14(3,4)20-10/h7,9-10H,5-6,8H2,1-4H3,(H,15,16). The Labute approximate surface area is 118 Å². The maximum atomic E-state index is 11.8. The van der Waals surface area contributed by atoms with Crippen molar-refractivity contribution in [2.24, 2.45) is 0 Å². The molecule has 1 aromatic heterocycles. The predicted molar refractivity (Wildman–Crippen MR) is 72.5 cm³/mol. The molecule has 0 bridgehead atoms. The van der Waals surface area contributed by atoms with Gasteiger partial charge in [0, 0.05) is 12.1 Å². The maximum Gasteiger partial charge on any atom is 0.358 e. The van der Waals surface area contributed by atoms with E-state index in [1.54, 1.807) is 6.07 Å². The van der Waals surface area contributed by atoms with E-state index in [0.717, 1.165) is 5.69 Å². The fourth-order valence-corrected chi connectivity index (χ4v) is 2.00. The van der Waals surface area contributed by atoms with E-state index in [4.69, 9.17) is 14.2 Å². The van der Waals surface area contributed by atoms with Crippen molar-refractivity contribution in [1.29, 1.82) is 0 Å². The van der Waals surface area contributed by atoms with Gasteiger partial charge in [0.1, 0.15) is 0 Å². The summed E-state index contributed by atoms with van der Waals surface area (Å²) in [7, 11) is 0. The summed E-state index contributed by atoms with van der Waals surface area (Å²) in [5.41, 5.74) is 1.24. The Bertz CT molecular complexity index is 467. The molecule has 0 aliphatic carbocycles. The van der Waals surface area contributed by atoms with Crippen molar-refractivity contribution < 1.29 is 19.0 Å². The van der Waals surface area contributed by atoms with Crippen LogP contribution in [0.15, 0.2) is 6.07 Å². The molecule has 0 radical (unpaired) electrons. The number of nitrogens with one attached hydrogen (secondary N) is 1. The fraction of sp³-hybridized carbons (Fsp3) is 0.714. The number of hydrogen-bond acceptors (Lipinski definition) is 5. The number of nitrogens with zero attached hydrogens (tertiary/aromatic N) is 1. The number of hydrogen-bond donors (Lipinski definition) is 1. The first-order valence-corrected chi connectivity index (χ1v) is 6.91. The first-order chi connectivity index (χ1) is 9.37. The van der Waals surface area contributed by atoms with Gasteiger partial charge >= 0.3 is 5.97 Å². The Balaban J connectivity index is 1.75. The lowest BCUT2D eigenvalue weighted by atomic mass is 10.1. The number of esters is 1. The lowest BCUT2D eigenvalue weighted by Gasteiger charge is -2.16. The molecule has 2 rings (SSSR count). The second-order valence-electron chi connectivity index (χ2n) is 5.74. The summed E-state index contributed by atoms with van der Waals surface area (Å²) in [6.45, 7) is 8.63. The third kappa shape index (κ3) is 3.80. The van der Waals surface area contributed by atoms with Gasteiger partial charge in [-0.1, -0.05) is 13.8 Å². The molecular weight excluding hydrogens is 260 g/mol. The van der Waals surface area contributed by atoms with Crippen LogP contribution in [-0.4, -0.2) is 41.3 Å². The molecule has 0 amide bonds. The molecule has 112 valence electrons. The molecular formula is C14H22N2O4. The summed E-state index contributed by atoms with van der Waals surface area (Å²) in [5.74, 6) is -0.648. The quantitative estimate of drug-likeness (QED) is 0.838. The van der Waals surface area contributed by atoms with Gasteiger partial charge < -0.3 is 14.2 Å². The molecule has 2 heterocycles. The van der Waals surface area contributed by atoms with E-state index in [2.05, 4.69) is 10.2 Å². The molecule has 20 heavy (non-hydrogen) atoms. The van der Waals surface area contributed by atoms with E-state index in [0.29, 0.717) is 31.2 Å². The van der Waals surface area contributed by atoms with Crippen LogP contribution < -0.4 is 0 Å². The Kier molecular flexibility index (Phi) is 4.45. The molecule has 1 atom stereocenters. The Hall–Kier alpha value is -1.40. The van der Waals surface area contributed by atoms with Crippen LogP contribution in [0.2, 0.25) is 0 Å². The van der Waals surface area contributed by atoms with Crippen molar-refractivity contribution in [1.82, 2.24) is 10.2 Å². The van der Waals surface area contributed by atoms with Gasteiger partial charge in [0.15, 0.2) is 11.5 Å². The predicted octanol–water partition coefficient (Wildman–Crippen LogP) is 2.23. The number of rotatable bonds is 5. The van der Waals surface area contributed by atoms with Crippen LogP contribution in [0, 0.1) is 0 Å². The van der Waals surface area contributed by atoms with Crippen LogP contribution >= 0.6 is 0 Å². The van der Waals surface area contributed by atoms with Crippen molar-refractivity contribution in [3.63, 3.8) is 0 Å². The molecule has 6 nitrogen and oxygen atoms in total. The second-order valence-corrected chi connectivity index (χ2v) is 5.74. The van der Waals surface area contributed by atoms with Crippen LogP contribution in [0.1, 0.15) is 56.2 Å². The molecule has 0 aromatic carbocycles. The number of aromatic nitrogens is 2. The van der Waals surface area contributed by atoms with Crippen molar-refractivity contribution in [2.75, 3.05) is 13.2 Å². The lowest BCUT2D eigenvalue weighted by molar-refractivity contribution is -0.139. The highest BCUT2D eigenvalue weighted by atomic mass is 16.7. The number of ether oxygens (including phenoxy) is 3. The highest BCUT2D eigenvalue weighted by molar-refractivity contribution is 5.87. The third-order valence-electron chi connectivity index (χ3n) is 3.17. The SMILES string of the molecule is CC(C)c1cc(C(=O)OCCC2COC(C)(C)O2)n[nH]1. The van der Waals surface area contributed by atoms with Gasteiger partial charge in [-0.2, -0.15) is 5.10 Å². The van der Waals surface area contributed by atoms with Crippen molar-refractivity contribution in [3.8, 4) is 0 Å². The average molecular weight is 282 g/mol. The highest BCUT2D eigenvalue weighted by Gasteiger charge is 2.32. The zero-order valence-corrected chi connectivity index (χ0v) is 12.4. The smallest absolute Gasteiger partial charge is 0.358 e. The van der Waals surface area contributed by atoms with Gasteiger partial charge in [-0.15, -0.1) is 0 Å². The minimum absolute atomic E-state index is 0.0248. The Morgan fingerprint density at radius 3 is 2.90 bits per heavy atom. The fourth-order valence-electron chi connectivity index (χ4n) is 2.00. The van der Waals surface area contributed by atoms with E-state index in [1.807, 2.05) is 27.7 Å². The van der Waals surface area contributed by atoms with E-state index in [1.165, 1.54) is 0 Å².